The average molecular weight is 284 g/mol. The standard InChI is InChI=1S/C15H16N4O2/c1-21-8-2-7-19-13-9-12(11-3-5-16-6-4-11)10-17-14(13)18-15(19)20/h3-6,9-10H,2,7-8H2,1H3,(H,17,18,20). The molecule has 0 saturated carbocycles. The Bertz CT molecular complexity index is 792. The number of nitrogens with zero attached hydrogens (tertiary/aromatic N) is 3. The summed E-state index contributed by atoms with van der Waals surface area (Å²) < 4.78 is 6.74. The summed E-state index contributed by atoms with van der Waals surface area (Å²) >= 11 is 0. The fourth-order valence-electron chi connectivity index (χ4n) is 2.32. The minimum atomic E-state index is -0.138. The highest BCUT2D eigenvalue weighted by atomic mass is 16.5. The second-order valence-corrected chi connectivity index (χ2v) is 4.76. The van der Waals surface area contributed by atoms with E-state index in [1.54, 1.807) is 30.3 Å². The van der Waals surface area contributed by atoms with Gasteiger partial charge in [0, 0.05) is 44.4 Å². The molecule has 3 aromatic heterocycles. The number of ether oxygens (including phenoxy) is 1. The predicted octanol–water partition coefficient (Wildman–Crippen LogP) is 1.82. The first-order chi connectivity index (χ1) is 10.3. The normalized spacial score (nSPS) is 11.1. The number of aromatic amines is 1. The van der Waals surface area contributed by atoms with E-state index in [0.29, 0.717) is 18.8 Å². The number of nitrogens with one attached hydrogen (secondary N) is 1. The molecule has 108 valence electrons. The van der Waals surface area contributed by atoms with Crippen molar-refractivity contribution in [3.8, 4) is 11.1 Å². The van der Waals surface area contributed by atoms with Crippen LogP contribution in [0.2, 0.25) is 0 Å². The number of aryl methyl sites for hydroxylation is 1. The van der Waals surface area contributed by atoms with Gasteiger partial charge < -0.3 is 4.74 Å². The summed E-state index contributed by atoms with van der Waals surface area (Å²) in [4.78, 5) is 23.1. The number of hydrogen-bond acceptors (Lipinski definition) is 4. The van der Waals surface area contributed by atoms with E-state index in [9.17, 15) is 4.79 Å². The van der Waals surface area contributed by atoms with Gasteiger partial charge in [0.25, 0.3) is 0 Å². The fourth-order valence-corrected chi connectivity index (χ4v) is 2.32. The summed E-state index contributed by atoms with van der Waals surface area (Å²) in [6, 6.07) is 5.81. The minimum Gasteiger partial charge on any atom is -0.385 e. The van der Waals surface area contributed by atoms with Crippen molar-refractivity contribution in [1.82, 2.24) is 19.5 Å². The lowest BCUT2D eigenvalue weighted by atomic mass is 10.1. The third-order valence-corrected chi connectivity index (χ3v) is 3.37. The van der Waals surface area contributed by atoms with Crippen LogP contribution in [0.3, 0.4) is 0 Å². The van der Waals surface area contributed by atoms with Crippen LogP contribution in [0.1, 0.15) is 6.42 Å². The quantitative estimate of drug-likeness (QED) is 0.725. The van der Waals surface area contributed by atoms with Gasteiger partial charge >= 0.3 is 5.69 Å². The maximum Gasteiger partial charge on any atom is 0.327 e. The molecule has 3 rings (SSSR count). The monoisotopic (exact) mass is 284 g/mol. The van der Waals surface area contributed by atoms with Gasteiger partial charge in [-0.3, -0.25) is 14.5 Å². The van der Waals surface area contributed by atoms with E-state index in [0.717, 1.165) is 23.1 Å². The molecule has 0 aliphatic heterocycles. The molecule has 3 aromatic rings. The zero-order valence-corrected chi connectivity index (χ0v) is 11.7. The zero-order valence-electron chi connectivity index (χ0n) is 11.7. The Morgan fingerprint density at radius 2 is 2.10 bits per heavy atom. The molecule has 0 unspecified atom stereocenters. The molecule has 0 radical (unpaired) electrons. The highest BCUT2D eigenvalue weighted by Gasteiger charge is 2.09. The number of pyridine rings is 2. The molecule has 3 heterocycles. The molecule has 0 aliphatic rings. The number of methoxy groups -OCH3 is 1. The lowest BCUT2D eigenvalue weighted by molar-refractivity contribution is 0.190. The van der Waals surface area contributed by atoms with Gasteiger partial charge in [-0.1, -0.05) is 0 Å². The lowest BCUT2D eigenvalue weighted by Crippen LogP contribution is -2.17. The highest BCUT2D eigenvalue weighted by Crippen LogP contribution is 2.20. The van der Waals surface area contributed by atoms with Gasteiger partial charge in [-0.05, 0) is 30.2 Å². The molecule has 0 amide bonds. The Kier molecular flexibility index (Phi) is 3.79. The van der Waals surface area contributed by atoms with Crippen molar-refractivity contribution < 1.29 is 4.74 Å². The van der Waals surface area contributed by atoms with E-state index in [4.69, 9.17) is 4.74 Å². The first-order valence-electron chi connectivity index (χ1n) is 6.77. The summed E-state index contributed by atoms with van der Waals surface area (Å²) in [6.07, 6.45) is 6.01. The van der Waals surface area contributed by atoms with Crippen LogP contribution in [-0.2, 0) is 11.3 Å². The molecule has 6 nitrogen and oxygen atoms in total. The molecule has 0 aromatic carbocycles. The van der Waals surface area contributed by atoms with Crippen LogP contribution < -0.4 is 5.69 Å². The van der Waals surface area contributed by atoms with Crippen LogP contribution in [0.15, 0.2) is 41.6 Å². The van der Waals surface area contributed by atoms with Crippen molar-refractivity contribution >= 4 is 11.2 Å². The lowest BCUT2D eigenvalue weighted by Gasteiger charge is -2.04. The molecular weight excluding hydrogens is 268 g/mol. The smallest absolute Gasteiger partial charge is 0.327 e. The largest absolute Gasteiger partial charge is 0.385 e. The molecule has 6 heteroatoms. The SMILES string of the molecule is COCCCn1c(=O)[nH]c2ncc(-c3ccncc3)cc21. The van der Waals surface area contributed by atoms with Crippen molar-refractivity contribution in [2.24, 2.45) is 0 Å². The van der Waals surface area contributed by atoms with E-state index in [2.05, 4.69) is 15.0 Å². The van der Waals surface area contributed by atoms with Gasteiger partial charge in [-0.25, -0.2) is 9.78 Å². The van der Waals surface area contributed by atoms with Gasteiger partial charge in [0.2, 0.25) is 0 Å². The third-order valence-electron chi connectivity index (χ3n) is 3.37. The Labute approximate surface area is 121 Å². The number of rotatable bonds is 5. The number of imidazole rings is 1. The van der Waals surface area contributed by atoms with E-state index >= 15 is 0 Å². The maximum atomic E-state index is 12.0. The minimum absolute atomic E-state index is 0.138. The van der Waals surface area contributed by atoms with Crippen LogP contribution in [0.4, 0.5) is 0 Å². The van der Waals surface area contributed by atoms with E-state index in [1.165, 1.54) is 0 Å². The van der Waals surface area contributed by atoms with Gasteiger partial charge in [0.05, 0.1) is 5.52 Å². The first kappa shape index (κ1) is 13.5. The summed E-state index contributed by atoms with van der Waals surface area (Å²) in [5.41, 5.74) is 3.27. The van der Waals surface area contributed by atoms with Crippen molar-refractivity contribution in [3.63, 3.8) is 0 Å². The number of hydrogen-bond donors (Lipinski definition) is 1. The molecular formula is C15H16N4O2. The zero-order chi connectivity index (χ0) is 14.7. The van der Waals surface area contributed by atoms with Gasteiger partial charge in [0.1, 0.15) is 0 Å². The fraction of sp³-hybridized carbons (Fsp3) is 0.267. The van der Waals surface area contributed by atoms with Crippen molar-refractivity contribution in [2.45, 2.75) is 13.0 Å². The Hall–Kier alpha value is -2.47. The van der Waals surface area contributed by atoms with Crippen molar-refractivity contribution in [1.29, 1.82) is 0 Å². The molecule has 21 heavy (non-hydrogen) atoms. The molecule has 0 aliphatic carbocycles. The Morgan fingerprint density at radius 3 is 2.86 bits per heavy atom. The van der Waals surface area contributed by atoms with Crippen LogP contribution in [0.25, 0.3) is 22.3 Å². The molecule has 0 bridgehead atoms. The summed E-state index contributed by atoms with van der Waals surface area (Å²) in [6.45, 7) is 1.23. The Balaban J connectivity index is 2.03. The summed E-state index contributed by atoms with van der Waals surface area (Å²) in [7, 11) is 1.65. The highest BCUT2D eigenvalue weighted by molar-refractivity contribution is 5.78. The van der Waals surface area contributed by atoms with Crippen molar-refractivity contribution in [2.75, 3.05) is 13.7 Å². The molecule has 1 N–H and O–H groups in total. The maximum absolute atomic E-state index is 12.0. The Morgan fingerprint density at radius 1 is 1.29 bits per heavy atom. The summed E-state index contributed by atoms with van der Waals surface area (Å²) in [5, 5.41) is 0. The van der Waals surface area contributed by atoms with Crippen molar-refractivity contribution in [3.05, 3.63) is 47.3 Å². The van der Waals surface area contributed by atoms with Gasteiger partial charge in [-0.15, -0.1) is 0 Å². The van der Waals surface area contributed by atoms with E-state index < -0.39 is 0 Å². The third kappa shape index (κ3) is 2.71. The van der Waals surface area contributed by atoms with Gasteiger partial charge in [-0.2, -0.15) is 0 Å². The molecule has 0 spiro atoms. The second-order valence-electron chi connectivity index (χ2n) is 4.76. The topological polar surface area (TPSA) is 72.8 Å². The number of H-pyrrole nitrogens is 1. The second kappa shape index (κ2) is 5.88. The number of aromatic nitrogens is 4. The van der Waals surface area contributed by atoms with Gasteiger partial charge in [0.15, 0.2) is 5.65 Å². The van der Waals surface area contributed by atoms with Crippen LogP contribution >= 0.6 is 0 Å². The molecule has 0 fully saturated rings. The predicted molar refractivity (Wildman–Crippen MR) is 80.1 cm³/mol. The van der Waals surface area contributed by atoms with E-state index in [-0.39, 0.29) is 5.69 Å². The summed E-state index contributed by atoms with van der Waals surface area (Å²) in [5.74, 6) is 0. The first-order valence-corrected chi connectivity index (χ1v) is 6.77. The number of fused-ring (bicyclic) bond motifs is 1. The van der Waals surface area contributed by atoms with Crippen LogP contribution in [0, 0.1) is 0 Å². The van der Waals surface area contributed by atoms with E-state index in [1.807, 2.05) is 18.2 Å². The molecule has 0 saturated heterocycles. The van der Waals surface area contributed by atoms with Crippen LogP contribution in [0.5, 0.6) is 0 Å². The average Bonchev–Trinajstić information content (AvgIpc) is 2.84. The molecule has 0 atom stereocenters. The van der Waals surface area contributed by atoms with Crippen LogP contribution in [-0.4, -0.2) is 33.2 Å².